The first-order chi connectivity index (χ1) is 27.5. The number of aromatic nitrogens is 3. The topological polar surface area (TPSA) is 142 Å². The van der Waals surface area contributed by atoms with Crippen LogP contribution in [0, 0.1) is 20.8 Å². The van der Waals surface area contributed by atoms with Crippen LogP contribution in [0.2, 0.25) is 5.02 Å². The summed E-state index contributed by atoms with van der Waals surface area (Å²) in [6.07, 6.45) is 7.17. The third kappa shape index (κ3) is 8.06. The van der Waals surface area contributed by atoms with Crippen LogP contribution in [-0.4, -0.2) is 86.1 Å². The highest BCUT2D eigenvalue weighted by Gasteiger charge is 2.39. The summed E-state index contributed by atoms with van der Waals surface area (Å²) in [6, 6.07) is 12.8. The number of benzene rings is 2. The molecule has 0 spiro atoms. The van der Waals surface area contributed by atoms with E-state index in [9.17, 15) is 19.2 Å². The largest absolute Gasteiger partial charge is 0.356 e. The van der Waals surface area contributed by atoms with Crippen molar-refractivity contribution in [2.75, 3.05) is 26.2 Å². The fourth-order valence-corrected chi connectivity index (χ4v) is 10.1. The zero-order chi connectivity index (χ0) is 39.8. The molecule has 12 nitrogen and oxygen atoms in total. The van der Waals surface area contributed by atoms with Gasteiger partial charge in [0, 0.05) is 46.1 Å². The number of piperidine rings is 2. The van der Waals surface area contributed by atoms with Crippen LogP contribution in [0.3, 0.4) is 0 Å². The van der Waals surface area contributed by atoms with Crippen LogP contribution in [-0.2, 0) is 20.9 Å². The first-order valence-corrected chi connectivity index (χ1v) is 21.4. The van der Waals surface area contributed by atoms with Crippen molar-refractivity contribution >= 4 is 52.3 Å². The summed E-state index contributed by atoms with van der Waals surface area (Å²) in [4.78, 5) is 61.1. The normalized spacial score (nSPS) is 19.8. The van der Waals surface area contributed by atoms with E-state index in [0.717, 1.165) is 97.0 Å². The van der Waals surface area contributed by atoms with Gasteiger partial charge in [0.25, 0.3) is 5.91 Å². The number of unbranched alkanes of at least 4 members (excludes halogenated alkanes) is 3. The first kappa shape index (κ1) is 39.1. The molecule has 4 amide bonds. The fraction of sp³-hybridized carbons (Fsp3) is 0.465. The lowest BCUT2D eigenvalue weighted by Crippen LogP contribution is -2.52. The smallest absolute Gasteiger partial charge is 0.255 e. The summed E-state index contributed by atoms with van der Waals surface area (Å²) in [5.74, 6) is 1.08. The number of hydrogen-bond donors (Lipinski definition) is 2. The van der Waals surface area contributed by atoms with Crippen LogP contribution in [0.15, 0.2) is 47.5 Å². The average molecular weight is 809 g/mol. The lowest BCUT2D eigenvalue weighted by Gasteiger charge is -2.32. The van der Waals surface area contributed by atoms with E-state index in [-0.39, 0.29) is 36.5 Å². The van der Waals surface area contributed by atoms with E-state index in [0.29, 0.717) is 41.8 Å². The molecule has 2 N–H and O–H groups in total. The van der Waals surface area contributed by atoms with Crippen molar-refractivity contribution in [3.8, 4) is 5.00 Å². The molecule has 0 aliphatic carbocycles. The summed E-state index contributed by atoms with van der Waals surface area (Å²) in [6.45, 7) is 10.4. The van der Waals surface area contributed by atoms with Crippen molar-refractivity contribution in [1.29, 1.82) is 0 Å². The monoisotopic (exact) mass is 808 g/mol. The Morgan fingerprint density at radius 3 is 2.51 bits per heavy atom. The van der Waals surface area contributed by atoms with Gasteiger partial charge in [-0.2, -0.15) is 0 Å². The van der Waals surface area contributed by atoms with E-state index in [1.165, 1.54) is 10.4 Å². The highest BCUT2D eigenvalue weighted by atomic mass is 35.5. The molecular weight excluding hydrogens is 760 g/mol. The highest BCUT2D eigenvalue weighted by molar-refractivity contribution is 7.15. The van der Waals surface area contributed by atoms with E-state index in [4.69, 9.17) is 16.6 Å². The minimum Gasteiger partial charge on any atom is -0.356 e. The Hall–Kier alpha value is -4.72. The zero-order valence-electron chi connectivity index (χ0n) is 32.8. The minimum atomic E-state index is -0.589. The third-order valence-electron chi connectivity index (χ3n) is 12.1. The Bertz CT molecular complexity index is 2240. The van der Waals surface area contributed by atoms with Crippen molar-refractivity contribution < 1.29 is 19.2 Å². The molecule has 57 heavy (non-hydrogen) atoms. The summed E-state index contributed by atoms with van der Waals surface area (Å²) >= 11 is 7.94. The van der Waals surface area contributed by atoms with Gasteiger partial charge in [-0.15, -0.1) is 21.5 Å². The zero-order valence-corrected chi connectivity index (χ0v) is 34.3. The molecule has 0 saturated carbocycles. The number of aryl methyl sites for hydroxylation is 2. The molecule has 0 bridgehead atoms. The van der Waals surface area contributed by atoms with E-state index in [1.54, 1.807) is 16.2 Å². The lowest BCUT2D eigenvalue weighted by atomic mass is 9.88. The highest BCUT2D eigenvalue weighted by Crippen LogP contribution is 2.40. The van der Waals surface area contributed by atoms with Gasteiger partial charge in [0.15, 0.2) is 5.82 Å². The predicted octanol–water partition coefficient (Wildman–Crippen LogP) is 6.51. The molecule has 2 aromatic carbocycles. The van der Waals surface area contributed by atoms with Gasteiger partial charge < -0.3 is 15.1 Å². The number of carbonyl (C=O) groups is 4. The molecule has 2 atom stereocenters. The van der Waals surface area contributed by atoms with E-state index in [1.807, 2.05) is 37.3 Å². The number of fused-ring (bicyclic) bond motifs is 4. The number of thiophene rings is 1. The van der Waals surface area contributed by atoms with Crippen molar-refractivity contribution in [1.82, 2.24) is 35.2 Å². The number of aliphatic imine (C=N–C) groups is 1. The van der Waals surface area contributed by atoms with Crippen LogP contribution < -0.4 is 10.6 Å². The third-order valence-corrected chi connectivity index (χ3v) is 13.5. The number of imide groups is 1. The number of nitrogens with zero attached hydrogens (tertiary/aromatic N) is 6. The van der Waals surface area contributed by atoms with Crippen molar-refractivity contribution in [2.24, 2.45) is 4.99 Å². The molecule has 1 unspecified atom stereocenters. The summed E-state index contributed by atoms with van der Waals surface area (Å²) in [7, 11) is 0. The van der Waals surface area contributed by atoms with Crippen LogP contribution in [0.4, 0.5) is 0 Å². The Balaban J connectivity index is 0.779. The molecule has 4 aliphatic heterocycles. The number of hydrogen-bond acceptors (Lipinski definition) is 9. The Labute approximate surface area is 342 Å². The maximum Gasteiger partial charge on any atom is 0.255 e. The fourth-order valence-electron chi connectivity index (χ4n) is 8.76. The average Bonchev–Trinajstić information content (AvgIpc) is 3.81. The van der Waals surface area contributed by atoms with Gasteiger partial charge in [-0.1, -0.05) is 48.7 Å². The first-order valence-electron chi connectivity index (χ1n) is 20.2. The van der Waals surface area contributed by atoms with Gasteiger partial charge in [0.05, 0.1) is 12.1 Å². The van der Waals surface area contributed by atoms with Gasteiger partial charge in [-0.05, 0) is 113 Å². The number of likely N-dealkylation sites (tertiary alicyclic amines) is 1. The number of nitrogens with one attached hydrogen (secondary N) is 2. The molecule has 8 rings (SSSR count). The van der Waals surface area contributed by atoms with Crippen molar-refractivity contribution in [3.05, 3.63) is 97.4 Å². The number of halogens is 1. The standard InChI is InChI=1S/C43H49ClN8O4S/c1-25-26(2)57-43-38(25)39(29-8-11-32(44)12-9-29)46-34(40-49-48-27(3)52(40)43)23-37(54)45-18-6-4-5-7-19-50-20-16-28(17-21-50)30-10-13-33-31(22-30)24-51(42(33)56)35-14-15-36(53)47-41(35)55/h8-13,22,28,34-35H,4-7,14-21,23-24H2,1-3H3,(H,45,54)(H,47,53,55)/t34-,35?/m0/s1. The summed E-state index contributed by atoms with van der Waals surface area (Å²) in [5, 5.41) is 16.1. The van der Waals surface area contributed by atoms with E-state index >= 15 is 0 Å². The molecule has 6 heterocycles. The quantitative estimate of drug-likeness (QED) is 0.123. The second kappa shape index (κ2) is 16.6. The molecule has 4 aromatic rings. The Morgan fingerprint density at radius 2 is 1.74 bits per heavy atom. The molecule has 0 radical (unpaired) electrons. The number of carbonyl (C=O) groups excluding carboxylic acids is 4. The van der Waals surface area contributed by atoms with Crippen LogP contribution in [0.25, 0.3) is 5.00 Å². The lowest BCUT2D eigenvalue weighted by molar-refractivity contribution is -0.137. The summed E-state index contributed by atoms with van der Waals surface area (Å²) in [5.41, 5.74) is 6.92. The van der Waals surface area contributed by atoms with Gasteiger partial charge in [0.2, 0.25) is 17.7 Å². The van der Waals surface area contributed by atoms with Gasteiger partial charge in [-0.3, -0.25) is 34.1 Å². The molecule has 4 aliphatic rings. The Kier molecular flexibility index (Phi) is 11.4. The van der Waals surface area contributed by atoms with Gasteiger partial charge in [0.1, 0.15) is 22.9 Å². The number of rotatable bonds is 12. The molecular formula is C43H49ClN8O4S. The molecule has 2 aromatic heterocycles. The van der Waals surface area contributed by atoms with Crippen molar-refractivity contribution in [2.45, 2.75) is 103 Å². The molecule has 2 fully saturated rings. The Morgan fingerprint density at radius 1 is 0.965 bits per heavy atom. The van der Waals surface area contributed by atoms with Crippen LogP contribution >= 0.6 is 22.9 Å². The second-order valence-corrected chi connectivity index (χ2v) is 17.4. The summed E-state index contributed by atoms with van der Waals surface area (Å²) < 4.78 is 2.07. The van der Waals surface area contributed by atoms with Crippen LogP contribution in [0.1, 0.15) is 124 Å². The van der Waals surface area contributed by atoms with Gasteiger partial charge >= 0.3 is 0 Å². The van der Waals surface area contributed by atoms with Gasteiger partial charge in [-0.25, -0.2) is 0 Å². The van der Waals surface area contributed by atoms with E-state index in [2.05, 4.69) is 56.3 Å². The molecule has 298 valence electrons. The SMILES string of the molecule is Cc1sc2c(c1C)C(c1ccc(Cl)cc1)=N[C@@H](CC(=O)NCCCCCCN1CCC(c3ccc4c(c3)CN(C3CCC(=O)NC3=O)C4=O)CC1)c1nnc(C)n1-2. The maximum absolute atomic E-state index is 13.4. The maximum atomic E-state index is 13.4. The second-order valence-electron chi connectivity index (χ2n) is 15.8. The van der Waals surface area contributed by atoms with Crippen molar-refractivity contribution in [3.63, 3.8) is 0 Å². The minimum absolute atomic E-state index is 0.0472. The predicted molar refractivity (Wildman–Crippen MR) is 220 cm³/mol. The molecule has 2 saturated heterocycles. The van der Waals surface area contributed by atoms with E-state index < -0.39 is 12.1 Å². The van der Waals surface area contributed by atoms with Crippen LogP contribution in [0.5, 0.6) is 0 Å². The number of amides is 4. The molecule has 14 heteroatoms.